The molecule has 0 spiro atoms. The summed E-state index contributed by atoms with van der Waals surface area (Å²) >= 11 is 20.8. The van der Waals surface area contributed by atoms with Gasteiger partial charge >= 0.3 is 0 Å². The van der Waals surface area contributed by atoms with Crippen LogP contribution in [0.1, 0.15) is 20.3 Å². The summed E-state index contributed by atoms with van der Waals surface area (Å²) in [7, 11) is 0. The minimum atomic E-state index is -0.568. The molecule has 0 saturated carbocycles. The zero-order chi connectivity index (χ0) is 12.0. The third-order valence-corrected chi connectivity index (χ3v) is 4.01. The summed E-state index contributed by atoms with van der Waals surface area (Å²) in [4.78, 5) is 0. The van der Waals surface area contributed by atoms with Crippen LogP contribution in [0.3, 0.4) is 0 Å². The Bertz CT molecular complexity index is 263. The first-order chi connectivity index (χ1) is 6.93. The first-order valence-electron chi connectivity index (χ1n) is 4.44. The molecule has 0 aromatic heterocycles. The van der Waals surface area contributed by atoms with E-state index in [1.54, 1.807) is 6.92 Å². The van der Waals surface area contributed by atoms with E-state index in [1.807, 2.05) is 6.92 Å². The van der Waals surface area contributed by atoms with E-state index in [2.05, 4.69) is 15.9 Å². The fourth-order valence-corrected chi connectivity index (χ4v) is 2.12. The number of allylic oxidation sites excluding steroid dienone is 2. The highest BCUT2D eigenvalue weighted by Gasteiger charge is 2.14. The van der Waals surface area contributed by atoms with Crippen LogP contribution < -0.4 is 0 Å². The Morgan fingerprint density at radius 1 is 1.47 bits per heavy atom. The summed E-state index contributed by atoms with van der Waals surface area (Å²) in [5, 5.41) is 10.4. The molecular weight excluding hydrogens is 322 g/mol. The van der Waals surface area contributed by atoms with Crippen molar-refractivity contribution >= 4 is 50.7 Å². The molecule has 0 aliphatic heterocycles. The van der Waals surface area contributed by atoms with Crippen molar-refractivity contribution in [3.63, 3.8) is 0 Å². The fourth-order valence-electron chi connectivity index (χ4n) is 0.844. The van der Waals surface area contributed by atoms with Crippen molar-refractivity contribution in [2.24, 2.45) is 0 Å². The Morgan fingerprint density at radius 3 is 2.40 bits per heavy atom. The lowest BCUT2D eigenvalue weighted by Gasteiger charge is -2.13. The van der Waals surface area contributed by atoms with E-state index in [4.69, 9.17) is 34.8 Å². The molecule has 0 aromatic rings. The SMILES string of the molecule is CC(=CCl)C(Cl)CC(Cl)=C(C)C(O)CBr. The Morgan fingerprint density at radius 2 is 2.00 bits per heavy atom. The van der Waals surface area contributed by atoms with Gasteiger partial charge in [-0.3, -0.25) is 0 Å². The standard InChI is InChI=1S/C10H14BrCl3O/c1-6(5-12)8(13)3-9(14)7(2)10(15)4-11/h5,8,10,15H,3-4H2,1-2H3. The van der Waals surface area contributed by atoms with E-state index >= 15 is 0 Å². The molecule has 1 N–H and O–H groups in total. The van der Waals surface area contributed by atoms with Crippen molar-refractivity contribution in [1.82, 2.24) is 0 Å². The number of halogens is 4. The van der Waals surface area contributed by atoms with Gasteiger partial charge in [0.15, 0.2) is 0 Å². The van der Waals surface area contributed by atoms with Crippen LogP contribution >= 0.6 is 50.7 Å². The molecule has 0 aliphatic rings. The van der Waals surface area contributed by atoms with Crippen molar-refractivity contribution in [3.8, 4) is 0 Å². The molecule has 0 fully saturated rings. The van der Waals surface area contributed by atoms with Gasteiger partial charge in [-0.1, -0.05) is 39.1 Å². The number of hydrogen-bond acceptors (Lipinski definition) is 1. The summed E-state index contributed by atoms with van der Waals surface area (Å²) in [5.74, 6) is 0. The zero-order valence-electron chi connectivity index (χ0n) is 8.61. The average molecular weight is 336 g/mol. The van der Waals surface area contributed by atoms with E-state index in [9.17, 15) is 5.11 Å². The fraction of sp³-hybridized carbons (Fsp3) is 0.600. The summed E-state index contributed by atoms with van der Waals surface area (Å²) in [6.07, 6.45) is -0.0877. The number of rotatable bonds is 5. The van der Waals surface area contributed by atoms with Crippen LogP contribution in [0, 0.1) is 0 Å². The first kappa shape index (κ1) is 15.8. The van der Waals surface area contributed by atoms with Crippen molar-refractivity contribution in [1.29, 1.82) is 0 Å². The Hall–Kier alpha value is 0.790. The maximum Gasteiger partial charge on any atom is 0.0858 e. The molecule has 0 aromatic carbocycles. The minimum Gasteiger partial charge on any atom is -0.388 e. The highest BCUT2D eigenvalue weighted by atomic mass is 79.9. The van der Waals surface area contributed by atoms with Gasteiger partial charge in [-0.05, 0) is 25.0 Å². The molecule has 5 heteroatoms. The number of aliphatic hydroxyl groups excluding tert-OH is 1. The molecule has 1 nitrogen and oxygen atoms in total. The average Bonchev–Trinajstić information content (AvgIpc) is 2.25. The van der Waals surface area contributed by atoms with Gasteiger partial charge < -0.3 is 5.11 Å². The normalized spacial score (nSPS) is 18.5. The lowest BCUT2D eigenvalue weighted by atomic mass is 10.1. The smallest absolute Gasteiger partial charge is 0.0858 e. The summed E-state index contributed by atoms with van der Waals surface area (Å²) in [5.41, 5.74) is 3.04. The predicted octanol–water partition coefficient (Wildman–Crippen LogP) is 4.40. The van der Waals surface area contributed by atoms with E-state index < -0.39 is 6.10 Å². The Kier molecular flexibility index (Phi) is 8.39. The second-order valence-corrected chi connectivity index (χ2v) is 5.13. The minimum absolute atomic E-state index is 0.229. The van der Waals surface area contributed by atoms with Crippen LogP contribution in [-0.4, -0.2) is 21.9 Å². The van der Waals surface area contributed by atoms with E-state index in [0.717, 1.165) is 11.1 Å². The molecule has 0 aliphatic carbocycles. The van der Waals surface area contributed by atoms with E-state index in [0.29, 0.717) is 16.8 Å². The third-order valence-electron chi connectivity index (χ3n) is 2.10. The molecular formula is C10H14BrCl3O. The second kappa shape index (κ2) is 7.97. The van der Waals surface area contributed by atoms with Crippen LogP contribution in [0.5, 0.6) is 0 Å². The molecule has 0 bridgehead atoms. The molecule has 15 heavy (non-hydrogen) atoms. The van der Waals surface area contributed by atoms with E-state index in [-0.39, 0.29) is 5.38 Å². The van der Waals surface area contributed by atoms with Gasteiger partial charge in [0.1, 0.15) is 0 Å². The molecule has 0 radical (unpaired) electrons. The van der Waals surface area contributed by atoms with E-state index in [1.165, 1.54) is 5.54 Å². The summed E-state index contributed by atoms with van der Waals surface area (Å²) in [6.45, 7) is 3.63. The third kappa shape index (κ3) is 5.60. The highest BCUT2D eigenvalue weighted by Crippen LogP contribution is 2.25. The van der Waals surface area contributed by atoms with Crippen molar-refractivity contribution in [2.75, 3.05) is 5.33 Å². The first-order valence-corrected chi connectivity index (χ1v) is 6.81. The van der Waals surface area contributed by atoms with Gasteiger partial charge in [0.05, 0.1) is 11.5 Å². The second-order valence-electron chi connectivity index (χ2n) is 3.28. The maximum atomic E-state index is 9.53. The lowest BCUT2D eigenvalue weighted by Crippen LogP contribution is -2.12. The van der Waals surface area contributed by atoms with Gasteiger partial charge in [0.25, 0.3) is 0 Å². The Labute approximate surface area is 114 Å². The van der Waals surface area contributed by atoms with Crippen LogP contribution in [0.25, 0.3) is 0 Å². The summed E-state index contributed by atoms with van der Waals surface area (Å²) < 4.78 is 0. The molecule has 0 saturated heterocycles. The number of aliphatic hydroxyl groups is 1. The van der Waals surface area contributed by atoms with Gasteiger partial charge in [-0.2, -0.15) is 0 Å². The van der Waals surface area contributed by atoms with Crippen molar-refractivity contribution in [3.05, 3.63) is 21.7 Å². The molecule has 2 unspecified atom stereocenters. The van der Waals surface area contributed by atoms with Crippen molar-refractivity contribution in [2.45, 2.75) is 31.7 Å². The van der Waals surface area contributed by atoms with Gasteiger partial charge in [0.2, 0.25) is 0 Å². The number of hydrogen-bond donors (Lipinski definition) is 1. The quantitative estimate of drug-likeness (QED) is 0.738. The molecule has 0 amide bonds. The van der Waals surface area contributed by atoms with Crippen molar-refractivity contribution < 1.29 is 5.11 Å². The Balaban J connectivity index is 4.53. The monoisotopic (exact) mass is 334 g/mol. The highest BCUT2D eigenvalue weighted by molar-refractivity contribution is 9.09. The van der Waals surface area contributed by atoms with Crippen LogP contribution in [0.4, 0.5) is 0 Å². The summed E-state index contributed by atoms with van der Waals surface area (Å²) in [6, 6.07) is 0. The lowest BCUT2D eigenvalue weighted by molar-refractivity contribution is 0.236. The van der Waals surface area contributed by atoms with Gasteiger partial charge in [-0.25, -0.2) is 0 Å². The largest absolute Gasteiger partial charge is 0.388 e. The molecule has 0 rings (SSSR count). The molecule has 2 atom stereocenters. The van der Waals surface area contributed by atoms with Gasteiger partial charge in [-0.15, -0.1) is 11.6 Å². The maximum absolute atomic E-state index is 9.53. The topological polar surface area (TPSA) is 20.2 Å². The number of alkyl halides is 2. The van der Waals surface area contributed by atoms with Crippen LogP contribution in [0.2, 0.25) is 0 Å². The molecule has 88 valence electrons. The van der Waals surface area contributed by atoms with Gasteiger partial charge in [0, 0.05) is 22.3 Å². The van der Waals surface area contributed by atoms with Crippen LogP contribution in [0.15, 0.2) is 21.7 Å². The van der Waals surface area contributed by atoms with Crippen LogP contribution in [-0.2, 0) is 0 Å². The zero-order valence-corrected chi connectivity index (χ0v) is 12.5. The predicted molar refractivity (Wildman–Crippen MR) is 72.2 cm³/mol. The molecule has 0 heterocycles.